The van der Waals surface area contributed by atoms with Crippen molar-refractivity contribution in [3.63, 3.8) is 0 Å². The molecule has 25 heavy (non-hydrogen) atoms. The van der Waals surface area contributed by atoms with Crippen molar-refractivity contribution >= 4 is 23.5 Å². The summed E-state index contributed by atoms with van der Waals surface area (Å²) < 4.78 is 5.53. The van der Waals surface area contributed by atoms with Crippen LogP contribution in [0.5, 0.6) is 5.75 Å². The highest BCUT2D eigenvalue weighted by Crippen LogP contribution is 2.30. The molecule has 7 heteroatoms. The van der Waals surface area contributed by atoms with E-state index < -0.39 is 11.9 Å². The van der Waals surface area contributed by atoms with Crippen LogP contribution in [0, 0.1) is 11.8 Å². The van der Waals surface area contributed by atoms with Crippen molar-refractivity contribution < 1.29 is 24.2 Å². The summed E-state index contributed by atoms with van der Waals surface area (Å²) in [5, 5.41) is 11.9. The molecule has 1 atom stereocenters. The molecule has 1 aromatic carbocycles. The fourth-order valence-corrected chi connectivity index (χ4v) is 2.90. The molecule has 1 saturated carbocycles. The summed E-state index contributed by atoms with van der Waals surface area (Å²) in [4.78, 5) is 36.6. The zero-order valence-electron chi connectivity index (χ0n) is 13.9. The van der Waals surface area contributed by atoms with Gasteiger partial charge in [0.25, 0.3) is 5.91 Å². The van der Waals surface area contributed by atoms with Crippen LogP contribution >= 0.6 is 0 Å². The molecular weight excluding hydrogens is 324 g/mol. The highest BCUT2D eigenvalue weighted by atomic mass is 16.5. The number of likely N-dealkylation sites (tertiary alicyclic amines) is 1. The molecule has 1 heterocycles. The van der Waals surface area contributed by atoms with Gasteiger partial charge in [0, 0.05) is 30.8 Å². The van der Waals surface area contributed by atoms with Crippen molar-refractivity contribution in [3.8, 4) is 5.75 Å². The van der Waals surface area contributed by atoms with Crippen molar-refractivity contribution in [2.75, 3.05) is 25.0 Å². The number of rotatable bonds is 6. The molecule has 7 nitrogen and oxygen atoms in total. The lowest BCUT2D eigenvalue weighted by atomic mass is 9.98. The Morgan fingerprint density at radius 2 is 2.00 bits per heavy atom. The first-order valence-electron chi connectivity index (χ1n) is 8.57. The number of carbonyl (C=O) groups excluding carboxylic acids is 2. The fraction of sp³-hybridized carbons (Fsp3) is 0.500. The standard InChI is InChI=1S/C18H22N2O5/c21-16(20-8-2-3-13(10-20)18(23)24)11-25-15-5-1-4-14(9-15)19-17(22)12-6-7-12/h1,4-5,9,12-13H,2-3,6-8,10-11H2,(H,19,22)(H,23,24). The Hall–Kier alpha value is -2.57. The molecule has 2 N–H and O–H groups in total. The maximum absolute atomic E-state index is 12.2. The van der Waals surface area contributed by atoms with Gasteiger partial charge in [0.2, 0.25) is 5.91 Å². The number of carboxylic acids is 1. The average molecular weight is 346 g/mol. The Balaban J connectivity index is 1.51. The monoisotopic (exact) mass is 346 g/mol. The number of nitrogens with zero attached hydrogens (tertiary/aromatic N) is 1. The van der Waals surface area contributed by atoms with Crippen molar-refractivity contribution in [1.82, 2.24) is 4.90 Å². The second-order valence-corrected chi connectivity index (χ2v) is 6.60. The topological polar surface area (TPSA) is 95.9 Å². The summed E-state index contributed by atoms with van der Waals surface area (Å²) in [5.74, 6) is -0.961. The van der Waals surface area contributed by atoms with E-state index >= 15 is 0 Å². The smallest absolute Gasteiger partial charge is 0.308 e. The van der Waals surface area contributed by atoms with Crippen LogP contribution in [0.3, 0.4) is 0 Å². The fourth-order valence-electron chi connectivity index (χ4n) is 2.90. The van der Waals surface area contributed by atoms with Gasteiger partial charge < -0.3 is 20.1 Å². The Bertz CT molecular complexity index is 671. The quantitative estimate of drug-likeness (QED) is 0.818. The number of ether oxygens (including phenoxy) is 1. The minimum atomic E-state index is -0.863. The zero-order chi connectivity index (χ0) is 17.8. The minimum absolute atomic E-state index is 0.0151. The molecule has 2 amide bonds. The van der Waals surface area contributed by atoms with Crippen LogP contribution in [0.15, 0.2) is 24.3 Å². The largest absolute Gasteiger partial charge is 0.484 e. The summed E-state index contributed by atoms with van der Waals surface area (Å²) in [5.41, 5.74) is 0.644. The van der Waals surface area contributed by atoms with Gasteiger partial charge >= 0.3 is 5.97 Å². The third-order valence-electron chi connectivity index (χ3n) is 4.54. The molecule has 0 bridgehead atoms. The van der Waals surface area contributed by atoms with Gasteiger partial charge in [0.1, 0.15) is 5.75 Å². The van der Waals surface area contributed by atoms with Gasteiger partial charge in [-0.05, 0) is 37.8 Å². The van der Waals surface area contributed by atoms with Gasteiger partial charge in [0.15, 0.2) is 6.61 Å². The number of anilines is 1. The third kappa shape index (κ3) is 4.71. The summed E-state index contributed by atoms with van der Waals surface area (Å²) >= 11 is 0. The Morgan fingerprint density at radius 1 is 1.20 bits per heavy atom. The van der Waals surface area contributed by atoms with Crippen molar-refractivity contribution in [1.29, 1.82) is 0 Å². The average Bonchev–Trinajstić information content (AvgIpc) is 3.45. The number of hydrogen-bond acceptors (Lipinski definition) is 4. The Kier molecular flexibility index (Phi) is 5.21. The van der Waals surface area contributed by atoms with Gasteiger partial charge in [-0.3, -0.25) is 14.4 Å². The second kappa shape index (κ2) is 7.55. The molecule has 2 aliphatic rings. The molecule has 0 spiro atoms. The van der Waals surface area contributed by atoms with E-state index in [1.165, 1.54) is 0 Å². The Labute approximate surface area is 146 Å². The molecule has 2 fully saturated rings. The van der Waals surface area contributed by atoms with Gasteiger partial charge in [-0.2, -0.15) is 0 Å². The molecule has 1 unspecified atom stereocenters. The van der Waals surface area contributed by atoms with Crippen molar-refractivity contribution in [2.24, 2.45) is 11.8 Å². The number of aliphatic carboxylic acids is 1. The summed E-state index contributed by atoms with van der Waals surface area (Å²) in [6.07, 6.45) is 3.15. The van der Waals surface area contributed by atoms with E-state index in [4.69, 9.17) is 9.84 Å². The van der Waals surface area contributed by atoms with Crippen LogP contribution in [-0.4, -0.2) is 47.5 Å². The molecule has 1 aliphatic carbocycles. The number of hydrogen-bond donors (Lipinski definition) is 2. The number of carboxylic acid groups (broad SMARTS) is 1. The molecule has 0 aromatic heterocycles. The highest BCUT2D eigenvalue weighted by molar-refractivity contribution is 5.94. The van der Waals surface area contributed by atoms with E-state index in [-0.39, 0.29) is 30.9 Å². The van der Waals surface area contributed by atoms with Crippen LogP contribution in [0.1, 0.15) is 25.7 Å². The van der Waals surface area contributed by atoms with Crippen LogP contribution in [0.25, 0.3) is 0 Å². The molecule has 3 rings (SSSR count). The molecule has 134 valence electrons. The minimum Gasteiger partial charge on any atom is -0.484 e. The molecular formula is C18H22N2O5. The normalized spacial score (nSPS) is 20.0. The van der Waals surface area contributed by atoms with E-state index in [2.05, 4.69) is 5.32 Å². The first-order valence-corrected chi connectivity index (χ1v) is 8.57. The van der Waals surface area contributed by atoms with Crippen LogP contribution < -0.4 is 10.1 Å². The number of carbonyl (C=O) groups is 3. The van der Waals surface area contributed by atoms with Crippen molar-refractivity contribution in [3.05, 3.63) is 24.3 Å². The number of benzene rings is 1. The first-order chi connectivity index (χ1) is 12.0. The van der Waals surface area contributed by atoms with Gasteiger partial charge in [-0.1, -0.05) is 6.07 Å². The van der Waals surface area contributed by atoms with E-state index in [1.807, 2.05) is 0 Å². The van der Waals surface area contributed by atoms with Gasteiger partial charge in [0.05, 0.1) is 5.92 Å². The maximum atomic E-state index is 12.2. The van der Waals surface area contributed by atoms with E-state index in [0.29, 0.717) is 30.8 Å². The van der Waals surface area contributed by atoms with Crippen LogP contribution in [-0.2, 0) is 14.4 Å². The number of nitrogens with one attached hydrogen (secondary N) is 1. The molecule has 1 aromatic rings. The zero-order valence-corrected chi connectivity index (χ0v) is 13.9. The Morgan fingerprint density at radius 3 is 2.72 bits per heavy atom. The van der Waals surface area contributed by atoms with Gasteiger partial charge in [-0.15, -0.1) is 0 Å². The number of piperidine rings is 1. The number of amides is 2. The maximum Gasteiger partial charge on any atom is 0.308 e. The van der Waals surface area contributed by atoms with Crippen molar-refractivity contribution in [2.45, 2.75) is 25.7 Å². The van der Waals surface area contributed by atoms with E-state index in [9.17, 15) is 14.4 Å². The molecule has 0 radical (unpaired) electrons. The summed E-state index contributed by atoms with van der Waals surface area (Å²) in [6.45, 7) is 0.644. The summed E-state index contributed by atoms with van der Waals surface area (Å²) in [6, 6.07) is 6.93. The van der Waals surface area contributed by atoms with E-state index in [0.717, 1.165) is 12.8 Å². The third-order valence-corrected chi connectivity index (χ3v) is 4.54. The highest BCUT2D eigenvalue weighted by Gasteiger charge is 2.30. The van der Waals surface area contributed by atoms with E-state index in [1.54, 1.807) is 29.2 Å². The second-order valence-electron chi connectivity index (χ2n) is 6.60. The molecule has 1 aliphatic heterocycles. The van der Waals surface area contributed by atoms with Crippen LogP contribution in [0.2, 0.25) is 0 Å². The van der Waals surface area contributed by atoms with Crippen LogP contribution in [0.4, 0.5) is 5.69 Å². The SMILES string of the molecule is O=C(O)C1CCCN(C(=O)COc2cccc(NC(=O)C3CC3)c2)C1. The van der Waals surface area contributed by atoms with Gasteiger partial charge in [-0.25, -0.2) is 0 Å². The first kappa shape index (κ1) is 17.3. The summed E-state index contributed by atoms with van der Waals surface area (Å²) in [7, 11) is 0. The lowest BCUT2D eigenvalue weighted by Crippen LogP contribution is -2.44. The lowest BCUT2D eigenvalue weighted by Gasteiger charge is -2.30. The lowest BCUT2D eigenvalue weighted by molar-refractivity contribution is -0.146. The predicted molar refractivity (Wildman–Crippen MR) is 90.2 cm³/mol. The molecule has 1 saturated heterocycles. The predicted octanol–water partition coefficient (Wildman–Crippen LogP) is 1.74.